The Hall–Kier alpha value is -3.34. The third-order valence-electron chi connectivity index (χ3n) is 4.15. The number of hydrogen-bond donors (Lipinski definition) is 2. The Morgan fingerprint density at radius 3 is 2.42 bits per heavy atom. The lowest BCUT2D eigenvalue weighted by atomic mass is 10.1. The number of aromatic nitrogens is 1. The summed E-state index contributed by atoms with van der Waals surface area (Å²) in [6.45, 7) is 4.15. The van der Waals surface area contributed by atoms with Crippen LogP contribution in [-0.4, -0.2) is 18.0 Å². The van der Waals surface area contributed by atoms with Gasteiger partial charge in [0.1, 0.15) is 11.4 Å². The van der Waals surface area contributed by atoms with E-state index in [0.717, 1.165) is 11.4 Å². The second kappa shape index (κ2) is 7.70. The van der Waals surface area contributed by atoms with Gasteiger partial charge in [0, 0.05) is 5.69 Å². The van der Waals surface area contributed by atoms with Crippen LogP contribution in [0.2, 0.25) is 0 Å². The van der Waals surface area contributed by atoms with E-state index in [-0.39, 0.29) is 5.91 Å². The molecule has 0 aliphatic carbocycles. The summed E-state index contributed by atoms with van der Waals surface area (Å²) in [5.74, 6) is 0.320. The first-order chi connectivity index (χ1) is 12.6. The van der Waals surface area contributed by atoms with Crippen molar-refractivity contribution in [3.63, 3.8) is 0 Å². The van der Waals surface area contributed by atoms with Crippen molar-refractivity contribution in [2.45, 2.75) is 13.8 Å². The van der Waals surface area contributed by atoms with Gasteiger partial charge in [-0.1, -0.05) is 18.2 Å². The van der Waals surface area contributed by atoms with Gasteiger partial charge in [-0.05, 0) is 61.4 Å². The maximum Gasteiger partial charge on any atom is 0.274 e. The highest BCUT2D eigenvalue weighted by molar-refractivity contribution is 6.03. The molecule has 0 spiro atoms. The second-order valence-corrected chi connectivity index (χ2v) is 6.01. The van der Waals surface area contributed by atoms with Crippen molar-refractivity contribution in [2.24, 2.45) is 0 Å². The molecule has 0 saturated carbocycles. The minimum absolute atomic E-state index is 0.285. The molecule has 0 radical (unpaired) electrons. The number of carbonyl (C=O) groups is 1. The minimum Gasteiger partial charge on any atom is -0.495 e. The Bertz CT molecular complexity index is 921. The highest BCUT2D eigenvalue weighted by Gasteiger charge is 2.10. The molecule has 3 aromatic rings. The van der Waals surface area contributed by atoms with Gasteiger partial charge in [0.05, 0.1) is 24.7 Å². The topological polar surface area (TPSA) is 63.2 Å². The Kier molecular flexibility index (Phi) is 5.17. The summed E-state index contributed by atoms with van der Waals surface area (Å²) < 4.78 is 5.24. The number of para-hydroxylation sites is 2. The van der Waals surface area contributed by atoms with Crippen LogP contribution in [0.15, 0.2) is 60.8 Å². The van der Waals surface area contributed by atoms with Gasteiger partial charge in [-0.3, -0.25) is 4.79 Å². The summed E-state index contributed by atoms with van der Waals surface area (Å²) >= 11 is 0. The number of methoxy groups -OCH3 is 1. The van der Waals surface area contributed by atoms with Crippen molar-refractivity contribution in [2.75, 3.05) is 17.7 Å². The maximum atomic E-state index is 12.4. The van der Waals surface area contributed by atoms with E-state index in [4.69, 9.17) is 4.74 Å². The molecule has 1 aromatic heterocycles. The number of nitrogens with one attached hydrogen (secondary N) is 2. The number of hydrogen-bond acceptors (Lipinski definition) is 4. The summed E-state index contributed by atoms with van der Waals surface area (Å²) in [5.41, 5.74) is 5.22. The number of pyridine rings is 1. The van der Waals surface area contributed by atoms with Crippen LogP contribution < -0.4 is 15.4 Å². The Morgan fingerprint density at radius 2 is 1.73 bits per heavy atom. The van der Waals surface area contributed by atoms with E-state index >= 15 is 0 Å². The molecular weight excluding hydrogens is 326 g/mol. The van der Waals surface area contributed by atoms with Crippen LogP contribution in [0, 0.1) is 13.8 Å². The van der Waals surface area contributed by atoms with Gasteiger partial charge in [-0.15, -0.1) is 0 Å². The molecule has 1 amide bonds. The second-order valence-electron chi connectivity index (χ2n) is 6.01. The fraction of sp³-hybridized carbons (Fsp3) is 0.143. The molecule has 0 aliphatic heterocycles. The lowest BCUT2D eigenvalue weighted by Crippen LogP contribution is -2.14. The van der Waals surface area contributed by atoms with E-state index in [1.165, 1.54) is 11.1 Å². The highest BCUT2D eigenvalue weighted by atomic mass is 16.5. The molecule has 0 unspecified atom stereocenters. The molecule has 1 heterocycles. The SMILES string of the molecule is COc1ccccc1NC(=O)c1ccc(Nc2ccc(C)c(C)c2)cn1. The lowest BCUT2D eigenvalue weighted by molar-refractivity contribution is 0.102. The van der Waals surface area contributed by atoms with E-state index in [0.29, 0.717) is 17.1 Å². The van der Waals surface area contributed by atoms with Crippen LogP contribution in [0.5, 0.6) is 5.75 Å². The summed E-state index contributed by atoms with van der Waals surface area (Å²) in [7, 11) is 1.57. The summed E-state index contributed by atoms with van der Waals surface area (Å²) in [6.07, 6.45) is 1.65. The average molecular weight is 347 g/mol. The van der Waals surface area contributed by atoms with Gasteiger partial charge in [0.25, 0.3) is 5.91 Å². The van der Waals surface area contributed by atoms with E-state index < -0.39 is 0 Å². The van der Waals surface area contributed by atoms with Gasteiger partial charge in [0.15, 0.2) is 0 Å². The molecule has 0 atom stereocenters. The molecule has 2 N–H and O–H groups in total. The van der Waals surface area contributed by atoms with Crippen molar-refractivity contribution < 1.29 is 9.53 Å². The molecule has 132 valence electrons. The van der Waals surface area contributed by atoms with Crippen molar-refractivity contribution in [1.82, 2.24) is 4.98 Å². The van der Waals surface area contributed by atoms with Crippen molar-refractivity contribution in [1.29, 1.82) is 0 Å². The number of amides is 1. The largest absolute Gasteiger partial charge is 0.495 e. The van der Waals surface area contributed by atoms with E-state index in [1.807, 2.05) is 24.3 Å². The van der Waals surface area contributed by atoms with Crippen LogP contribution in [-0.2, 0) is 0 Å². The predicted octanol–water partition coefficient (Wildman–Crippen LogP) is 4.70. The molecule has 0 aliphatic rings. The average Bonchev–Trinajstić information content (AvgIpc) is 2.66. The first kappa shape index (κ1) is 17.5. The normalized spacial score (nSPS) is 10.3. The van der Waals surface area contributed by atoms with E-state index in [9.17, 15) is 4.79 Å². The molecular formula is C21H21N3O2. The van der Waals surface area contributed by atoms with E-state index in [1.54, 1.807) is 31.5 Å². The van der Waals surface area contributed by atoms with Gasteiger partial charge in [0.2, 0.25) is 0 Å². The molecule has 0 saturated heterocycles. The Morgan fingerprint density at radius 1 is 0.962 bits per heavy atom. The molecule has 5 heteroatoms. The first-order valence-electron chi connectivity index (χ1n) is 8.31. The highest BCUT2D eigenvalue weighted by Crippen LogP contribution is 2.24. The van der Waals surface area contributed by atoms with Gasteiger partial charge >= 0.3 is 0 Å². The Balaban J connectivity index is 1.70. The predicted molar refractivity (Wildman–Crippen MR) is 104 cm³/mol. The summed E-state index contributed by atoms with van der Waals surface area (Å²) in [4.78, 5) is 16.6. The van der Waals surface area contributed by atoms with Crippen LogP contribution >= 0.6 is 0 Å². The van der Waals surface area contributed by atoms with Crippen LogP contribution in [0.3, 0.4) is 0 Å². The van der Waals surface area contributed by atoms with Crippen molar-refractivity contribution in [3.8, 4) is 5.75 Å². The Labute approximate surface area is 153 Å². The zero-order valence-electron chi connectivity index (χ0n) is 15.0. The molecule has 3 rings (SSSR count). The van der Waals surface area contributed by atoms with Gasteiger partial charge in [-0.2, -0.15) is 0 Å². The quantitative estimate of drug-likeness (QED) is 0.702. The standard InChI is InChI=1S/C21H21N3O2/c1-14-8-9-16(12-15(14)2)23-17-10-11-19(22-13-17)21(25)24-18-6-4-5-7-20(18)26-3/h4-13,23H,1-3H3,(H,24,25). The van der Waals surface area contributed by atoms with Gasteiger partial charge < -0.3 is 15.4 Å². The molecule has 26 heavy (non-hydrogen) atoms. The number of nitrogens with zero attached hydrogens (tertiary/aromatic N) is 1. The first-order valence-corrected chi connectivity index (χ1v) is 8.31. The van der Waals surface area contributed by atoms with Crippen LogP contribution in [0.25, 0.3) is 0 Å². The van der Waals surface area contributed by atoms with E-state index in [2.05, 4.69) is 41.6 Å². The fourth-order valence-electron chi connectivity index (χ4n) is 2.52. The number of benzene rings is 2. The fourth-order valence-corrected chi connectivity index (χ4v) is 2.52. The minimum atomic E-state index is -0.285. The molecule has 0 bridgehead atoms. The number of anilines is 3. The monoisotopic (exact) mass is 347 g/mol. The molecule has 2 aromatic carbocycles. The molecule has 5 nitrogen and oxygen atoms in total. The number of aryl methyl sites for hydroxylation is 2. The summed E-state index contributed by atoms with van der Waals surface area (Å²) in [6, 6.07) is 16.9. The van der Waals surface area contributed by atoms with Crippen molar-refractivity contribution >= 4 is 23.0 Å². The summed E-state index contributed by atoms with van der Waals surface area (Å²) in [5, 5.41) is 6.11. The van der Waals surface area contributed by atoms with Crippen LogP contribution in [0.1, 0.15) is 21.6 Å². The van der Waals surface area contributed by atoms with Gasteiger partial charge in [-0.25, -0.2) is 4.98 Å². The van der Waals surface area contributed by atoms with Crippen molar-refractivity contribution in [3.05, 3.63) is 77.6 Å². The smallest absolute Gasteiger partial charge is 0.274 e. The molecule has 0 fully saturated rings. The third kappa shape index (κ3) is 4.00. The number of ether oxygens (including phenoxy) is 1. The zero-order chi connectivity index (χ0) is 18.5. The lowest BCUT2D eigenvalue weighted by Gasteiger charge is -2.11. The third-order valence-corrected chi connectivity index (χ3v) is 4.15. The maximum absolute atomic E-state index is 12.4. The zero-order valence-corrected chi connectivity index (χ0v) is 15.0. The number of rotatable bonds is 5. The number of carbonyl (C=O) groups excluding carboxylic acids is 1. The van der Waals surface area contributed by atoms with Crippen LogP contribution in [0.4, 0.5) is 17.1 Å².